The number of hydrogen-bond acceptors (Lipinski definition) is 6. The number of rotatable bonds is 4. The van der Waals surface area contributed by atoms with Gasteiger partial charge in [-0.2, -0.15) is 0 Å². The number of hydrogen-bond donors (Lipinski definition) is 1. The Hall–Kier alpha value is -3.48. The normalized spacial score (nSPS) is 14.0. The smallest absolute Gasteiger partial charge is 0.254 e. The monoisotopic (exact) mass is 376 g/mol. The zero-order valence-corrected chi connectivity index (χ0v) is 15.5. The molecular formula is C21H20N4O3. The molecule has 7 heteroatoms. The van der Waals surface area contributed by atoms with Crippen molar-refractivity contribution < 1.29 is 14.3 Å². The highest BCUT2D eigenvalue weighted by Crippen LogP contribution is 2.32. The Balaban J connectivity index is 1.45. The van der Waals surface area contributed by atoms with Crippen molar-refractivity contribution in [2.24, 2.45) is 0 Å². The molecule has 1 aliphatic heterocycles. The molecular weight excluding hydrogens is 356 g/mol. The van der Waals surface area contributed by atoms with Crippen LogP contribution in [0.2, 0.25) is 0 Å². The lowest BCUT2D eigenvalue weighted by Crippen LogP contribution is -2.27. The van der Waals surface area contributed by atoms with Crippen LogP contribution in [0, 0.1) is 0 Å². The van der Waals surface area contributed by atoms with Crippen LogP contribution in [-0.2, 0) is 0 Å². The molecule has 0 radical (unpaired) electrons. The van der Waals surface area contributed by atoms with E-state index in [9.17, 15) is 4.79 Å². The number of carbonyl (C=O) groups is 1. The van der Waals surface area contributed by atoms with Gasteiger partial charge in [-0.15, -0.1) is 0 Å². The van der Waals surface area contributed by atoms with E-state index in [1.165, 1.54) is 12.4 Å². The summed E-state index contributed by atoms with van der Waals surface area (Å²) in [5, 5.41) is 2.97. The fourth-order valence-electron chi connectivity index (χ4n) is 2.90. The molecule has 1 aliphatic rings. The third kappa shape index (κ3) is 3.93. The van der Waals surface area contributed by atoms with E-state index in [2.05, 4.69) is 20.3 Å². The van der Waals surface area contributed by atoms with Gasteiger partial charge in [0.15, 0.2) is 17.3 Å². The molecule has 0 saturated heterocycles. The highest BCUT2D eigenvalue weighted by atomic mass is 16.5. The minimum absolute atomic E-state index is 0.206. The number of benzene rings is 1. The molecule has 3 aromatic rings. The summed E-state index contributed by atoms with van der Waals surface area (Å²) in [4.78, 5) is 25.1. The number of pyridine rings is 1. The molecule has 3 heterocycles. The van der Waals surface area contributed by atoms with Crippen molar-refractivity contribution in [3.63, 3.8) is 0 Å². The number of ether oxygens (including phenoxy) is 2. The van der Waals surface area contributed by atoms with Gasteiger partial charge >= 0.3 is 0 Å². The molecule has 0 fully saturated rings. The Morgan fingerprint density at radius 1 is 1.07 bits per heavy atom. The van der Waals surface area contributed by atoms with E-state index in [1.54, 1.807) is 12.4 Å². The van der Waals surface area contributed by atoms with Gasteiger partial charge in [-0.25, -0.2) is 9.97 Å². The lowest BCUT2D eigenvalue weighted by atomic mass is 10.1. The first-order valence-corrected chi connectivity index (χ1v) is 9.13. The van der Waals surface area contributed by atoms with Gasteiger partial charge in [-0.05, 0) is 36.8 Å². The molecule has 1 atom stereocenters. The number of fused-ring (bicyclic) bond motifs is 1. The maximum absolute atomic E-state index is 12.6. The Morgan fingerprint density at radius 2 is 1.86 bits per heavy atom. The zero-order chi connectivity index (χ0) is 19.3. The van der Waals surface area contributed by atoms with E-state index < -0.39 is 0 Å². The van der Waals surface area contributed by atoms with Crippen LogP contribution in [0.3, 0.4) is 0 Å². The quantitative estimate of drug-likeness (QED) is 0.753. The van der Waals surface area contributed by atoms with Gasteiger partial charge < -0.3 is 14.8 Å². The summed E-state index contributed by atoms with van der Waals surface area (Å²) < 4.78 is 11.4. The third-order valence-corrected chi connectivity index (χ3v) is 4.45. The molecule has 0 spiro atoms. The summed E-state index contributed by atoms with van der Waals surface area (Å²) in [5.41, 5.74) is 2.13. The number of aromatic nitrogens is 3. The van der Waals surface area contributed by atoms with Crippen molar-refractivity contribution in [1.29, 1.82) is 0 Å². The van der Waals surface area contributed by atoms with Gasteiger partial charge in [0.2, 0.25) is 0 Å². The van der Waals surface area contributed by atoms with Gasteiger partial charge in [0, 0.05) is 36.8 Å². The zero-order valence-electron chi connectivity index (χ0n) is 15.5. The average molecular weight is 376 g/mol. The van der Waals surface area contributed by atoms with Crippen LogP contribution < -0.4 is 14.8 Å². The largest absolute Gasteiger partial charge is 0.490 e. The highest BCUT2D eigenvalue weighted by molar-refractivity contribution is 5.94. The van der Waals surface area contributed by atoms with Gasteiger partial charge in [0.25, 0.3) is 5.91 Å². The van der Waals surface area contributed by atoms with Crippen molar-refractivity contribution >= 4 is 5.91 Å². The first-order chi connectivity index (χ1) is 13.7. The maximum Gasteiger partial charge on any atom is 0.254 e. The summed E-state index contributed by atoms with van der Waals surface area (Å²) in [6, 6.07) is 9.20. The van der Waals surface area contributed by atoms with Crippen LogP contribution >= 0.6 is 0 Å². The van der Waals surface area contributed by atoms with Crippen molar-refractivity contribution in [2.45, 2.75) is 19.4 Å². The van der Waals surface area contributed by atoms with Gasteiger partial charge in [0.05, 0.1) is 24.8 Å². The lowest BCUT2D eigenvalue weighted by molar-refractivity contribution is 0.0939. The molecule has 7 nitrogen and oxygen atoms in total. The molecule has 4 rings (SSSR count). The van der Waals surface area contributed by atoms with E-state index in [1.807, 2.05) is 37.3 Å². The molecule has 1 amide bonds. The van der Waals surface area contributed by atoms with E-state index in [4.69, 9.17) is 9.47 Å². The lowest BCUT2D eigenvalue weighted by Gasteiger charge is -2.16. The van der Waals surface area contributed by atoms with Crippen LogP contribution in [0.1, 0.15) is 35.3 Å². The first-order valence-electron chi connectivity index (χ1n) is 9.13. The average Bonchev–Trinajstić information content (AvgIpc) is 2.99. The minimum Gasteiger partial charge on any atom is -0.490 e. The fraction of sp³-hybridized carbons (Fsp3) is 0.238. The maximum atomic E-state index is 12.6. The second-order valence-corrected chi connectivity index (χ2v) is 6.49. The van der Waals surface area contributed by atoms with Crippen molar-refractivity contribution in [1.82, 2.24) is 20.3 Å². The second-order valence-electron chi connectivity index (χ2n) is 6.49. The van der Waals surface area contributed by atoms with Gasteiger partial charge in [-0.1, -0.05) is 6.07 Å². The Labute approximate surface area is 162 Å². The van der Waals surface area contributed by atoms with Gasteiger partial charge in [-0.3, -0.25) is 9.78 Å². The standard InChI is InChI=1S/C21H20N4O3/c1-14(15-5-6-18-19(10-15)28-9-3-8-27-18)25-21(26)17-12-23-20(24-13-17)16-4-2-7-22-11-16/h2,4-7,10-14H,3,8-9H2,1H3,(H,25,26). The molecule has 28 heavy (non-hydrogen) atoms. The summed E-state index contributed by atoms with van der Waals surface area (Å²) in [5.74, 6) is 1.73. The number of amides is 1. The Kier molecular flexibility index (Phi) is 5.14. The van der Waals surface area contributed by atoms with Gasteiger partial charge in [0.1, 0.15) is 0 Å². The number of nitrogens with one attached hydrogen (secondary N) is 1. The number of nitrogens with zero attached hydrogens (tertiary/aromatic N) is 3. The predicted octanol–water partition coefficient (Wildman–Crippen LogP) is 3.19. The summed E-state index contributed by atoms with van der Waals surface area (Å²) in [6.07, 6.45) is 7.26. The molecule has 0 aliphatic carbocycles. The molecule has 2 aromatic heterocycles. The predicted molar refractivity (Wildman–Crippen MR) is 103 cm³/mol. The summed E-state index contributed by atoms with van der Waals surface area (Å²) in [7, 11) is 0. The Bertz CT molecular complexity index is 961. The molecule has 0 bridgehead atoms. The van der Waals surface area contributed by atoms with Crippen molar-refractivity contribution in [3.8, 4) is 22.9 Å². The Morgan fingerprint density at radius 3 is 2.61 bits per heavy atom. The summed E-state index contributed by atoms with van der Waals surface area (Å²) >= 11 is 0. The number of carbonyl (C=O) groups excluding carboxylic acids is 1. The van der Waals surface area contributed by atoms with E-state index in [-0.39, 0.29) is 11.9 Å². The van der Waals surface area contributed by atoms with E-state index in [0.717, 1.165) is 23.3 Å². The highest BCUT2D eigenvalue weighted by Gasteiger charge is 2.16. The van der Waals surface area contributed by atoms with Crippen LogP contribution in [0.4, 0.5) is 0 Å². The van der Waals surface area contributed by atoms with Crippen LogP contribution in [0.25, 0.3) is 11.4 Å². The third-order valence-electron chi connectivity index (χ3n) is 4.45. The molecule has 1 N–H and O–H groups in total. The van der Waals surface area contributed by atoms with Crippen LogP contribution in [-0.4, -0.2) is 34.1 Å². The molecule has 142 valence electrons. The fourth-order valence-corrected chi connectivity index (χ4v) is 2.90. The SMILES string of the molecule is CC(NC(=O)c1cnc(-c2cccnc2)nc1)c1ccc2c(c1)OCCCO2. The van der Waals surface area contributed by atoms with Crippen LogP contribution in [0.5, 0.6) is 11.5 Å². The molecule has 1 unspecified atom stereocenters. The van der Waals surface area contributed by atoms with Crippen molar-refractivity contribution in [3.05, 3.63) is 66.2 Å². The molecule has 0 saturated carbocycles. The van der Waals surface area contributed by atoms with Crippen molar-refractivity contribution in [2.75, 3.05) is 13.2 Å². The van der Waals surface area contributed by atoms with E-state index >= 15 is 0 Å². The van der Waals surface area contributed by atoms with Crippen LogP contribution in [0.15, 0.2) is 55.1 Å². The summed E-state index contributed by atoms with van der Waals surface area (Å²) in [6.45, 7) is 3.19. The van der Waals surface area contributed by atoms with E-state index in [0.29, 0.717) is 30.4 Å². The molecule has 1 aromatic carbocycles. The first kappa shape index (κ1) is 17.9. The topological polar surface area (TPSA) is 86.2 Å². The second kappa shape index (κ2) is 8.04. The minimum atomic E-state index is -0.239.